The van der Waals surface area contributed by atoms with Crippen LogP contribution in [-0.2, 0) is 0 Å². The van der Waals surface area contributed by atoms with Crippen LogP contribution in [0.4, 0.5) is 10.1 Å². The number of aryl methyl sites for hydroxylation is 1. The molecule has 1 aromatic rings. The maximum Gasteiger partial charge on any atom is 0.125 e. The van der Waals surface area contributed by atoms with Gasteiger partial charge in [0.05, 0.1) is 5.69 Å². The molecule has 1 nitrogen and oxygen atoms in total. The molecule has 0 heterocycles. The van der Waals surface area contributed by atoms with Crippen molar-refractivity contribution >= 4 is 18.5 Å². The summed E-state index contributed by atoms with van der Waals surface area (Å²) in [6, 6.07) is 2.79. The average Bonchev–Trinajstić information content (AvgIpc) is 2.03. The van der Waals surface area contributed by atoms with E-state index in [0.717, 1.165) is 11.1 Å². The Morgan fingerprint density at radius 2 is 2.17 bits per heavy atom. The second-order valence-corrected chi connectivity index (χ2v) is 2.52. The fourth-order valence-electron chi connectivity index (χ4n) is 1.13. The molecule has 0 amide bonds. The van der Waals surface area contributed by atoms with Gasteiger partial charge in [0.1, 0.15) is 5.82 Å². The van der Waals surface area contributed by atoms with E-state index in [1.54, 1.807) is 6.08 Å². The minimum Gasteiger partial charge on any atom is -0.264 e. The van der Waals surface area contributed by atoms with Crippen LogP contribution in [0.15, 0.2) is 23.7 Å². The van der Waals surface area contributed by atoms with Gasteiger partial charge in [-0.15, -0.1) is 0 Å². The van der Waals surface area contributed by atoms with E-state index in [-0.39, 0.29) is 5.82 Å². The average molecular weight is 163 g/mol. The van der Waals surface area contributed by atoms with Gasteiger partial charge in [-0.3, -0.25) is 4.99 Å². The molecule has 1 aromatic carbocycles. The summed E-state index contributed by atoms with van der Waals surface area (Å²) in [6.07, 6.45) is 1.65. The first kappa shape index (κ1) is 8.65. The van der Waals surface area contributed by atoms with Crippen LogP contribution in [0.2, 0.25) is 0 Å². The number of hydrogen-bond donors (Lipinski definition) is 0. The van der Waals surface area contributed by atoms with Gasteiger partial charge in [-0.25, -0.2) is 4.39 Å². The van der Waals surface area contributed by atoms with Crippen LogP contribution in [0.3, 0.4) is 0 Å². The van der Waals surface area contributed by atoms with Crippen LogP contribution >= 0.6 is 0 Å². The molecule has 0 bridgehead atoms. The Morgan fingerprint density at radius 1 is 1.50 bits per heavy atom. The first-order valence-electron chi connectivity index (χ1n) is 3.58. The molecule has 62 valence electrons. The molecule has 0 aliphatic heterocycles. The Bertz CT molecular complexity index is 329. The number of aliphatic imine (C=N–C) groups is 1. The molecule has 0 aliphatic rings. The maximum atomic E-state index is 12.8. The first-order valence-corrected chi connectivity index (χ1v) is 3.58. The molecular weight excluding hydrogens is 153 g/mol. The maximum absolute atomic E-state index is 12.8. The van der Waals surface area contributed by atoms with E-state index >= 15 is 0 Å². The molecule has 0 radical (unpaired) electrons. The van der Waals surface area contributed by atoms with E-state index in [9.17, 15) is 4.39 Å². The van der Waals surface area contributed by atoms with Crippen molar-refractivity contribution < 1.29 is 4.39 Å². The summed E-state index contributed by atoms with van der Waals surface area (Å²) in [5.74, 6) is -0.291. The van der Waals surface area contributed by atoms with Crippen molar-refractivity contribution in [1.29, 1.82) is 0 Å². The van der Waals surface area contributed by atoms with Crippen LogP contribution in [0.5, 0.6) is 0 Å². The lowest BCUT2D eigenvalue weighted by Gasteiger charge is -2.03. The molecule has 0 saturated heterocycles. The predicted molar refractivity (Wildman–Crippen MR) is 50.4 cm³/mol. The van der Waals surface area contributed by atoms with E-state index in [2.05, 4.69) is 18.3 Å². The highest BCUT2D eigenvalue weighted by molar-refractivity contribution is 5.67. The van der Waals surface area contributed by atoms with Crippen molar-refractivity contribution in [3.05, 3.63) is 35.7 Å². The zero-order chi connectivity index (χ0) is 9.14. The Morgan fingerprint density at radius 3 is 2.67 bits per heavy atom. The molecule has 0 N–H and O–H groups in total. The van der Waals surface area contributed by atoms with Crippen LogP contribution in [0.1, 0.15) is 11.1 Å². The van der Waals surface area contributed by atoms with Gasteiger partial charge in [0.2, 0.25) is 0 Å². The smallest absolute Gasteiger partial charge is 0.125 e. The normalized spacial score (nSPS) is 9.50. The zero-order valence-electron chi connectivity index (χ0n) is 6.97. The second kappa shape index (κ2) is 3.30. The van der Waals surface area contributed by atoms with Crippen LogP contribution in [0, 0.1) is 12.7 Å². The van der Waals surface area contributed by atoms with Gasteiger partial charge in [-0.2, -0.15) is 0 Å². The van der Waals surface area contributed by atoms with Gasteiger partial charge in [0.25, 0.3) is 0 Å². The lowest BCUT2D eigenvalue weighted by molar-refractivity contribution is 0.627. The Hall–Kier alpha value is -1.44. The monoisotopic (exact) mass is 163 g/mol. The number of rotatable bonds is 2. The van der Waals surface area contributed by atoms with Crippen LogP contribution in [-0.4, -0.2) is 6.72 Å². The van der Waals surface area contributed by atoms with Crippen molar-refractivity contribution in [1.82, 2.24) is 0 Å². The van der Waals surface area contributed by atoms with Crippen molar-refractivity contribution in [2.45, 2.75) is 6.92 Å². The molecule has 0 unspecified atom stereocenters. The van der Waals surface area contributed by atoms with Crippen LogP contribution in [0.25, 0.3) is 6.08 Å². The Kier molecular flexibility index (Phi) is 2.38. The lowest BCUT2D eigenvalue weighted by Crippen LogP contribution is -1.84. The molecule has 0 aromatic heterocycles. The van der Waals surface area contributed by atoms with E-state index in [0.29, 0.717) is 5.69 Å². The molecule has 0 aliphatic carbocycles. The van der Waals surface area contributed by atoms with Crippen molar-refractivity contribution in [3.63, 3.8) is 0 Å². The number of hydrogen-bond acceptors (Lipinski definition) is 1. The summed E-state index contributed by atoms with van der Waals surface area (Å²) in [4.78, 5) is 3.70. The molecular formula is C10H10FN. The first-order chi connectivity index (χ1) is 5.69. The summed E-state index contributed by atoms with van der Waals surface area (Å²) < 4.78 is 12.8. The van der Waals surface area contributed by atoms with Gasteiger partial charge in [0.15, 0.2) is 0 Å². The molecule has 0 fully saturated rings. The quantitative estimate of drug-likeness (QED) is 0.594. The lowest BCUT2D eigenvalue weighted by atomic mass is 10.1. The standard InChI is InChI=1S/C10H10FN/c1-4-9-7(2)5-8(11)6-10(9)12-3/h4-6H,1,3H2,2H3. The third-order valence-electron chi connectivity index (χ3n) is 1.70. The molecule has 2 heteroatoms. The number of benzene rings is 1. The van der Waals surface area contributed by atoms with E-state index in [1.165, 1.54) is 12.1 Å². The number of nitrogens with zero attached hydrogens (tertiary/aromatic N) is 1. The Balaban J connectivity index is 3.43. The van der Waals surface area contributed by atoms with Crippen molar-refractivity contribution in [3.8, 4) is 0 Å². The summed E-state index contributed by atoms with van der Waals surface area (Å²) in [5.41, 5.74) is 2.21. The fraction of sp³-hybridized carbons (Fsp3) is 0.100. The van der Waals surface area contributed by atoms with Gasteiger partial charge >= 0.3 is 0 Å². The second-order valence-electron chi connectivity index (χ2n) is 2.52. The van der Waals surface area contributed by atoms with E-state index in [1.807, 2.05) is 6.92 Å². The van der Waals surface area contributed by atoms with Crippen LogP contribution < -0.4 is 0 Å². The molecule has 0 saturated carbocycles. The molecule has 1 rings (SSSR count). The minimum atomic E-state index is -0.291. The van der Waals surface area contributed by atoms with Gasteiger partial charge in [0, 0.05) is 11.6 Å². The SMILES string of the molecule is C=Cc1c(C)cc(F)cc1N=C. The summed E-state index contributed by atoms with van der Waals surface area (Å²) in [5, 5.41) is 0. The summed E-state index contributed by atoms with van der Waals surface area (Å²) in [6.45, 7) is 8.79. The molecule has 12 heavy (non-hydrogen) atoms. The summed E-state index contributed by atoms with van der Waals surface area (Å²) >= 11 is 0. The highest BCUT2D eigenvalue weighted by Gasteiger charge is 2.02. The topological polar surface area (TPSA) is 12.4 Å². The predicted octanol–water partition coefficient (Wildman–Crippen LogP) is 3.11. The fourth-order valence-corrected chi connectivity index (χ4v) is 1.13. The van der Waals surface area contributed by atoms with Crippen molar-refractivity contribution in [2.75, 3.05) is 0 Å². The zero-order valence-corrected chi connectivity index (χ0v) is 6.97. The molecule has 0 atom stereocenters. The van der Waals surface area contributed by atoms with Gasteiger partial charge in [-0.1, -0.05) is 12.7 Å². The highest BCUT2D eigenvalue weighted by atomic mass is 19.1. The van der Waals surface area contributed by atoms with E-state index in [4.69, 9.17) is 0 Å². The van der Waals surface area contributed by atoms with Gasteiger partial charge < -0.3 is 0 Å². The summed E-state index contributed by atoms with van der Waals surface area (Å²) in [7, 11) is 0. The highest BCUT2D eigenvalue weighted by Crippen LogP contribution is 2.24. The third kappa shape index (κ3) is 1.42. The minimum absolute atomic E-state index is 0.291. The Labute approximate surface area is 71.3 Å². The number of halogens is 1. The third-order valence-corrected chi connectivity index (χ3v) is 1.70. The van der Waals surface area contributed by atoms with E-state index < -0.39 is 0 Å². The van der Waals surface area contributed by atoms with Gasteiger partial charge in [-0.05, 0) is 25.3 Å². The van der Waals surface area contributed by atoms with Crippen molar-refractivity contribution in [2.24, 2.45) is 4.99 Å². The molecule has 0 spiro atoms. The largest absolute Gasteiger partial charge is 0.264 e.